The maximum absolute atomic E-state index is 12.5. The zero-order valence-electron chi connectivity index (χ0n) is 14.6. The van der Waals surface area contributed by atoms with Gasteiger partial charge in [0.05, 0.1) is 13.7 Å². The van der Waals surface area contributed by atoms with Crippen LogP contribution in [0.3, 0.4) is 0 Å². The number of hydrogen-bond acceptors (Lipinski definition) is 3. The maximum Gasteiger partial charge on any atom is 0.410 e. The summed E-state index contributed by atoms with van der Waals surface area (Å²) in [6.45, 7) is 5.31. The van der Waals surface area contributed by atoms with Gasteiger partial charge in [0.25, 0.3) is 0 Å². The molecule has 1 aliphatic rings. The fourth-order valence-electron chi connectivity index (χ4n) is 3.04. The molecule has 1 aromatic carbocycles. The number of ether oxygens (including phenoxy) is 2. The zero-order valence-corrected chi connectivity index (χ0v) is 14.6. The van der Waals surface area contributed by atoms with Gasteiger partial charge in [0.1, 0.15) is 5.75 Å². The van der Waals surface area contributed by atoms with Crippen LogP contribution in [-0.4, -0.2) is 37.3 Å². The molecule has 0 saturated heterocycles. The number of amides is 1. The van der Waals surface area contributed by atoms with Crippen LogP contribution in [0.25, 0.3) is 0 Å². The van der Waals surface area contributed by atoms with Crippen molar-refractivity contribution in [3.05, 3.63) is 29.8 Å². The lowest BCUT2D eigenvalue weighted by molar-refractivity contribution is 0.0781. The van der Waals surface area contributed by atoms with Gasteiger partial charge in [0.15, 0.2) is 0 Å². The summed E-state index contributed by atoms with van der Waals surface area (Å²) in [6, 6.07) is 8.38. The molecule has 0 spiro atoms. The second kappa shape index (κ2) is 8.80. The van der Waals surface area contributed by atoms with Crippen LogP contribution < -0.4 is 4.74 Å². The van der Waals surface area contributed by atoms with Gasteiger partial charge >= 0.3 is 6.09 Å². The standard InChI is InChI=1S/C19H29NO3/c1-15(2)14-23-19(21)20(17-8-4-5-9-17)12-11-16-7-6-10-18(13-16)22-3/h6-7,10,13,15,17H,4-5,8-9,11-12,14H2,1-3H3. The first kappa shape index (κ1) is 17.6. The second-order valence-electron chi connectivity index (χ2n) is 6.70. The van der Waals surface area contributed by atoms with Crippen molar-refractivity contribution >= 4 is 6.09 Å². The highest BCUT2D eigenvalue weighted by atomic mass is 16.6. The van der Waals surface area contributed by atoms with Gasteiger partial charge < -0.3 is 14.4 Å². The average Bonchev–Trinajstić information content (AvgIpc) is 3.07. The molecule has 0 aromatic heterocycles. The van der Waals surface area contributed by atoms with E-state index < -0.39 is 0 Å². The number of nitrogens with zero attached hydrogens (tertiary/aromatic N) is 1. The van der Waals surface area contributed by atoms with E-state index in [-0.39, 0.29) is 6.09 Å². The molecule has 1 saturated carbocycles. The van der Waals surface area contributed by atoms with E-state index in [1.165, 1.54) is 18.4 Å². The summed E-state index contributed by atoms with van der Waals surface area (Å²) in [5.74, 6) is 1.22. The molecule has 4 nitrogen and oxygen atoms in total. The van der Waals surface area contributed by atoms with E-state index in [0.717, 1.165) is 25.0 Å². The Hall–Kier alpha value is -1.71. The van der Waals surface area contributed by atoms with Gasteiger partial charge in [-0.3, -0.25) is 0 Å². The van der Waals surface area contributed by atoms with Crippen molar-refractivity contribution in [3.8, 4) is 5.75 Å². The molecule has 128 valence electrons. The number of carbonyl (C=O) groups excluding carboxylic acids is 1. The van der Waals surface area contributed by atoms with Crippen LogP contribution in [-0.2, 0) is 11.2 Å². The van der Waals surface area contributed by atoms with E-state index in [4.69, 9.17) is 9.47 Å². The Bertz CT molecular complexity index is 495. The Morgan fingerprint density at radius 1 is 1.30 bits per heavy atom. The minimum atomic E-state index is -0.159. The van der Waals surface area contributed by atoms with Gasteiger partial charge in [0.2, 0.25) is 0 Å². The summed E-state index contributed by atoms with van der Waals surface area (Å²) in [4.78, 5) is 14.4. The molecule has 0 aliphatic heterocycles. The highest BCUT2D eigenvalue weighted by molar-refractivity contribution is 5.68. The zero-order chi connectivity index (χ0) is 16.7. The quantitative estimate of drug-likeness (QED) is 0.753. The van der Waals surface area contributed by atoms with Gasteiger partial charge in [-0.25, -0.2) is 4.79 Å². The SMILES string of the molecule is COc1cccc(CCN(C(=O)OCC(C)C)C2CCCC2)c1. The van der Waals surface area contributed by atoms with Crippen LogP contribution in [0.4, 0.5) is 4.79 Å². The lowest BCUT2D eigenvalue weighted by Crippen LogP contribution is -2.41. The van der Waals surface area contributed by atoms with Crippen LogP contribution in [0.15, 0.2) is 24.3 Å². The summed E-state index contributed by atoms with van der Waals surface area (Å²) in [5, 5.41) is 0. The van der Waals surface area contributed by atoms with E-state index in [0.29, 0.717) is 25.1 Å². The van der Waals surface area contributed by atoms with Gasteiger partial charge in [0, 0.05) is 12.6 Å². The highest BCUT2D eigenvalue weighted by Gasteiger charge is 2.27. The van der Waals surface area contributed by atoms with Crippen LogP contribution in [0, 0.1) is 5.92 Å². The molecular formula is C19H29NO3. The molecule has 1 amide bonds. The molecule has 1 aromatic rings. The van der Waals surface area contributed by atoms with Crippen molar-refractivity contribution in [1.82, 2.24) is 4.90 Å². The predicted molar refractivity (Wildman–Crippen MR) is 91.8 cm³/mol. The monoisotopic (exact) mass is 319 g/mol. The molecule has 1 fully saturated rings. The fourth-order valence-corrected chi connectivity index (χ4v) is 3.04. The fraction of sp³-hybridized carbons (Fsp3) is 0.632. The van der Waals surface area contributed by atoms with Gasteiger partial charge in [-0.2, -0.15) is 0 Å². The number of methoxy groups -OCH3 is 1. The Morgan fingerprint density at radius 2 is 2.04 bits per heavy atom. The van der Waals surface area contributed by atoms with E-state index in [2.05, 4.69) is 19.9 Å². The van der Waals surface area contributed by atoms with Crippen LogP contribution >= 0.6 is 0 Å². The molecule has 0 radical (unpaired) electrons. The van der Waals surface area contributed by atoms with Crippen molar-refractivity contribution < 1.29 is 14.3 Å². The minimum Gasteiger partial charge on any atom is -0.497 e. The maximum atomic E-state index is 12.5. The summed E-state index contributed by atoms with van der Waals surface area (Å²) < 4.78 is 10.7. The molecule has 0 N–H and O–H groups in total. The van der Waals surface area contributed by atoms with Gasteiger partial charge in [-0.1, -0.05) is 38.8 Å². The number of carbonyl (C=O) groups is 1. The van der Waals surface area contributed by atoms with Crippen LogP contribution in [0.5, 0.6) is 5.75 Å². The summed E-state index contributed by atoms with van der Waals surface area (Å²) in [7, 11) is 1.67. The normalized spacial score (nSPS) is 15.0. The molecule has 23 heavy (non-hydrogen) atoms. The number of hydrogen-bond donors (Lipinski definition) is 0. The number of benzene rings is 1. The van der Waals surface area contributed by atoms with E-state index in [9.17, 15) is 4.79 Å². The first-order chi connectivity index (χ1) is 11.1. The smallest absolute Gasteiger partial charge is 0.410 e. The topological polar surface area (TPSA) is 38.8 Å². The van der Waals surface area contributed by atoms with Crippen molar-refractivity contribution in [3.63, 3.8) is 0 Å². The third-order valence-electron chi connectivity index (χ3n) is 4.32. The lowest BCUT2D eigenvalue weighted by Gasteiger charge is -2.28. The molecule has 2 rings (SSSR count). The molecule has 4 heteroatoms. The Balaban J connectivity index is 1.97. The summed E-state index contributed by atoms with van der Waals surface area (Å²) in [6.07, 6.45) is 5.26. The molecule has 1 aliphatic carbocycles. The second-order valence-corrected chi connectivity index (χ2v) is 6.70. The molecular weight excluding hydrogens is 290 g/mol. The van der Waals surface area contributed by atoms with Gasteiger partial charge in [-0.15, -0.1) is 0 Å². The van der Waals surface area contributed by atoms with Gasteiger partial charge in [-0.05, 0) is 42.9 Å². The predicted octanol–water partition coefficient (Wildman–Crippen LogP) is 4.27. The van der Waals surface area contributed by atoms with E-state index in [1.807, 2.05) is 23.1 Å². The average molecular weight is 319 g/mol. The summed E-state index contributed by atoms with van der Waals surface area (Å²) in [5.41, 5.74) is 1.18. The lowest BCUT2D eigenvalue weighted by atomic mass is 10.1. The minimum absolute atomic E-state index is 0.159. The molecule has 0 atom stereocenters. The van der Waals surface area contributed by atoms with Crippen molar-refractivity contribution in [2.45, 2.75) is 52.0 Å². The van der Waals surface area contributed by atoms with Crippen molar-refractivity contribution in [1.29, 1.82) is 0 Å². The van der Waals surface area contributed by atoms with E-state index in [1.54, 1.807) is 7.11 Å². The van der Waals surface area contributed by atoms with Crippen molar-refractivity contribution in [2.75, 3.05) is 20.3 Å². The summed E-state index contributed by atoms with van der Waals surface area (Å²) >= 11 is 0. The van der Waals surface area contributed by atoms with Crippen LogP contribution in [0.1, 0.15) is 45.1 Å². The first-order valence-corrected chi connectivity index (χ1v) is 8.66. The highest BCUT2D eigenvalue weighted by Crippen LogP contribution is 2.25. The number of rotatable bonds is 7. The molecule has 0 heterocycles. The third-order valence-corrected chi connectivity index (χ3v) is 4.32. The van der Waals surface area contributed by atoms with Crippen molar-refractivity contribution in [2.24, 2.45) is 5.92 Å². The molecule has 0 unspecified atom stereocenters. The Labute approximate surface area is 139 Å². The Morgan fingerprint density at radius 3 is 2.70 bits per heavy atom. The molecule has 0 bridgehead atoms. The first-order valence-electron chi connectivity index (χ1n) is 8.66. The third kappa shape index (κ3) is 5.45. The van der Waals surface area contributed by atoms with Crippen LogP contribution in [0.2, 0.25) is 0 Å². The van der Waals surface area contributed by atoms with E-state index >= 15 is 0 Å². The Kier molecular flexibility index (Phi) is 6.75. The largest absolute Gasteiger partial charge is 0.497 e.